The topological polar surface area (TPSA) is 46.2 Å². The highest BCUT2D eigenvalue weighted by atomic mass is 32.2. The van der Waals surface area contributed by atoms with E-state index >= 15 is 0 Å². The molecule has 1 unspecified atom stereocenters. The van der Waals surface area contributed by atoms with E-state index in [0.717, 1.165) is 31.2 Å². The minimum Gasteiger partial charge on any atom is -0.313 e. The quantitative estimate of drug-likeness (QED) is 0.927. The van der Waals surface area contributed by atoms with Crippen molar-refractivity contribution in [3.63, 3.8) is 0 Å². The van der Waals surface area contributed by atoms with Crippen molar-refractivity contribution in [3.8, 4) is 0 Å². The first kappa shape index (κ1) is 14.0. The second-order valence-electron chi connectivity index (χ2n) is 5.96. The van der Waals surface area contributed by atoms with Gasteiger partial charge in [-0.15, -0.1) is 0 Å². The van der Waals surface area contributed by atoms with Gasteiger partial charge in [0, 0.05) is 12.6 Å². The Kier molecular flexibility index (Phi) is 3.82. The normalized spacial score (nSPS) is 31.9. The summed E-state index contributed by atoms with van der Waals surface area (Å²) in [7, 11) is -2.85. The number of hydrogen-bond donors (Lipinski definition) is 1. The van der Waals surface area contributed by atoms with Crippen LogP contribution in [-0.4, -0.2) is 32.0 Å². The molecule has 110 valence electrons. The first-order valence-electron chi connectivity index (χ1n) is 7.25. The summed E-state index contributed by atoms with van der Waals surface area (Å²) in [6.07, 6.45) is 3.52. The number of nitrogens with one attached hydrogen (secondary N) is 1. The van der Waals surface area contributed by atoms with Gasteiger partial charge in [-0.2, -0.15) is 0 Å². The van der Waals surface area contributed by atoms with Gasteiger partial charge >= 0.3 is 0 Å². The molecule has 0 bridgehead atoms. The molecule has 1 atom stereocenters. The Morgan fingerprint density at radius 2 is 2.10 bits per heavy atom. The van der Waals surface area contributed by atoms with E-state index in [1.807, 2.05) is 6.07 Å². The average molecular weight is 297 g/mol. The number of hydrogen-bond acceptors (Lipinski definition) is 3. The Labute approximate surface area is 119 Å². The Bertz CT molecular complexity index is 581. The molecule has 3 rings (SSSR count). The molecule has 1 aromatic rings. The summed E-state index contributed by atoms with van der Waals surface area (Å²) in [5, 5.41) is 3.16. The lowest BCUT2D eigenvalue weighted by atomic mass is 9.76. The Morgan fingerprint density at radius 1 is 1.30 bits per heavy atom. The first-order valence-corrected chi connectivity index (χ1v) is 8.96. The van der Waals surface area contributed by atoms with Crippen molar-refractivity contribution in [2.45, 2.75) is 42.9 Å². The maximum Gasteiger partial charge on any atom is 0.154 e. The van der Waals surface area contributed by atoms with Gasteiger partial charge in [-0.25, -0.2) is 12.8 Å². The Hall–Kier alpha value is -0.940. The smallest absolute Gasteiger partial charge is 0.154 e. The third-order valence-electron chi connectivity index (χ3n) is 4.56. The fourth-order valence-corrected chi connectivity index (χ4v) is 4.98. The molecule has 1 N–H and O–H groups in total. The van der Waals surface area contributed by atoms with Crippen molar-refractivity contribution in [1.82, 2.24) is 5.32 Å². The molecule has 1 aliphatic carbocycles. The highest BCUT2D eigenvalue weighted by Gasteiger charge is 2.34. The molecule has 1 heterocycles. The van der Waals surface area contributed by atoms with E-state index in [9.17, 15) is 12.8 Å². The van der Waals surface area contributed by atoms with Gasteiger partial charge in [0.05, 0.1) is 11.0 Å². The highest BCUT2D eigenvalue weighted by molar-refractivity contribution is 7.92. The van der Waals surface area contributed by atoms with E-state index in [4.69, 9.17) is 0 Å². The van der Waals surface area contributed by atoms with Crippen molar-refractivity contribution in [2.75, 3.05) is 12.3 Å². The van der Waals surface area contributed by atoms with E-state index in [0.29, 0.717) is 24.3 Å². The van der Waals surface area contributed by atoms with Crippen LogP contribution in [0.4, 0.5) is 4.39 Å². The van der Waals surface area contributed by atoms with E-state index in [-0.39, 0.29) is 11.1 Å². The van der Waals surface area contributed by atoms with Gasteiger partial charge in [-0.3, -0.25) is 0 Å². The molecule has 0 aromatic heterocycles. The number of rotatable bonds is 4. The van der Waals surface area contributed by atoms with Crippen LogP contribution in [0.1, 0.15) is 37.2 Å². The minimum absolute atomic E-state index is 0.184. The lowest BCUT2D eigenvalue weighted by Crippen LogP contribution is -2.44. The zero-order valence-corrected chi connectivity index (χ0v) is 12.2. The van der Waals surface area contributed by atoms with Crippen LogP contribution in [0.3, 0.4) is 0 Å². The molecule has 1 saturated heterocycles. The fraction of sp³-hybridized carbons (Fsp3) is 0.600. The van der Waals surface area contributed by atoms with Gasteiger partial charge in [0.15, 0.2) is 9.84 Å². The molecule has 1 aliphatic heterocycles. The summed E-state index contributed by atoms with van der Waals surface area (Å²) in [5.74, 6) is 0.565. The van der Waals surface area contributed by atoms with Gasteiger partial charge in [-0.05, 0) is 49.3 Å². The number of halogens is 1. The molecule has 0 radical (unpaired) electrons. The van der Waals surface area contributed by atoms with Crippen molar-refractivity contribution >= 4 is 9.84 Å². The largest absolute Gasteiger partial charge is 0.313 e. The zero-order chi connectivity index (χ0) is 14.2. The molecule has 20 heavy (non-hydrogen) atoms. The highest BCUT2D eigenvalue weighted by Crippen LogP contribution is 2.37. The Balaban J connectivity index is 1.47. The molecule has 0 spiro atoms. The van der Waals surface area contributed by atoms with Crippen LogP contribution in [0.2, 0.25) is 0 Å². The third kappa shape index (κ3) is 2.88. The molecule has 5 heteroatoms. The first-order chi connectivity index (χ1) is 9.54. The molecule has 1 aromatic carbocycles. The van der Waals surface area contributed by atoms with Crippen LogP contribution < -0.4 is 5.32 Å². The van der Waals surface area contributed by atoms with Crippen molar-refractivity contribution in [3.05, 3.63) is 35.6 Å². The summed E-state index contributed by atoms with van der Waals surface area (Å²) in [4.78, 5) is 0. The van der Waals surface area contributed by atoms with E-state index in [2.05, 4.69) is 5.32 Å². The molecule has 3 nitrogen and oxygen atoms in total. The molecule has 0 amide bonds. The Morgan fingerprint density at radius 3 is 2.75 bits per heavy atom. The zero-order valence-electron chi connectivity index (χ0n) is 11.4. The minimum atomic E-state index is -2.85. The average Bonchev–Trinajstić information content (AvgIpc) is 2.67. The monoisotopic (exact) mass is 297 g/mol. The van der Waals surface area contributed by atoms with Crippen molar-refractivity contribution < 1.29 is 12.8 Å². The summed E-state index contributed by atoms with van der Waals surface area (Å²) in [5.41, 5.74) is 1.05. The van der Waals surface area contributed by atoms with Crippen LogP contribution >= 0.6 is 0 Å². The predicted octanol–water partition coefficient (Wildman–Crippen LogP) is 2.24. The maximum absolute atomic E-state index is 13.1. The third-order valence-corrected chi connectivity index (χ3v) is 6.83. The van der Waals surface area contributed by atoms with E-state index in [1.165, 1.54) is 6.07 Å². The summed E-state index contributed by atoms with van der Waals surface area (Å²) < 4.78 is 36.6. The number of sulfone groups is 1. The lowest BCUT2D eigenvalue weighted by Gasteiger charge is -2.37. The van der Waals surface area contributed by atoms with Gasteiger partial charge in [0.25, 0.3) is 0 Å². The second-order valence-corrected chi connectivity index (χ2v) is 8.36. The van der Waals surface area contributed by atoms with E-state index in [1.54, 1.807) is 12.1 Å². The van der Waals surface area contributed by atoms with Gasteiger partial charge in [0.2, 0.25) is 0 Å². The molecule has 2 aliphatic rings. The van der Waals surface area contributed by atoms with E-state index < -0.39 is 9.84 Å². The molecule has 1 saturated carbocycles. The van der Waals surface area contributed by atoms with Gasteiger partial charge in [0.1, 0.15) is 5.82 Å². The SMILES string of the molecule is O=S1(=O)CCCC1CNC1CC(c2cccc(F)c2)C1. The molecular weight excluding hydrogens is 277 g/mol. The van der Waals surface area contributed by atoms with Crippen LogP contribution in [-0.2, 0) is 9.84 Å². The predicted molar refractivity (Wildman–Crippen MR) is 77.0 cm³/mol. The van der Waals surface area contributed by atoms with Crippen molar-refractivity contribution in [2.24, 2.45) is 0 Å². The molecule has 2 fully saturated rings. The lowest BCUT2D eigenvalue weighted by molar-refractivity contribution is 0.290. The van der Waals surface area contributed by atoms with Crippen molar-refractivity contribution in [1.29, 1.82) is 0 Å². The van der Waals surface area contributed by atoms with Gasteiger partial charge < -0.3 is 5.32 Å². The standard InChI is InChI=1S/C15H20FNO2S/c16-13-4-1-3-11(7-13)12-8-14(9-12)17-10-15-5-2-6-20(15,18)19/h1,3-4,7,12,14-15,17H,2,5-6,8-10H2. The van der Waals surface area contributed by atoms with Crippen LogP contribution in [0, 0.1) is 5.82 Å². The number of benzene rings is 1. The maximum atomic E-state index is 13.1. The fourth-order valence-electron chi connectivity index (χ4n) is 3.20. The van der Waals surface area contributed by atoms with Crippen LogP contribution in [0.25, 0.3) is 0 Å². The van der Waals surface area contributed by atoms with Gasteiger partial charge in [-0.1, -0.05) is 12.1 Å². The summed E-state index contributed by atoms with van der Waals surface area (Å²) in [6.45, 7) is 0.572. The second kappa shape index (κ2) is 5.45. The van der Waals surface area contributed by atoms with Crippen LogP contribution in [0.5, 0.6) is 0 Å². The summed E-state index contributed by atoms with van der Waals surface area (Å²) >= 11 is 0. The molecular formula is C15H20FNO2S. The summed E-state index contributed by atoms with van der Waals surface area (Å²) in [6, 6.07) is 7.15. The van der Waals surface area contributed by atoms with Crippen LogP contribution in [0.15, 0.2) is 24.3 Å².